The van der Waals surface area contributed by atoms with Crippen molar-refractivity contribution in [3.63, 3.8) is 0 Å². The number of ether oxygens (including phenoxy) is 1. The fourth-order valence-corrected chi connectivity index (χ4v) is 2.47. The summed E-state index contributed by atoms with van der Waals surface area (Å²) in [4.78, 5) is 23.5. The number of carbonyl (C=O) groups excluding carboxylic acids is 1. The fraction of sp³-hybridized carbons (Fsp3) is 0.467. The minimum absolute atomic E-state index is 0.332. The van der Waals surface area contributed by atoms with Gasteiger partial charge in [-0.2, -0.15) is 0 Å². The molecule has 0 aromatic carbocycles. The summed E-state index contributed by atoms with van der Waals surface area (Å²) in [6.45, 7) is 7.79. The average molecular weight is 311 g/mol. The summed E-state index contributed by atoms with van der Waals surface area (Å²) in [6.07, 6.45) is 4.00. The maximum Gasteiger partial charge on any atom is 0.407 e. The normalized spacial score (nSPS) is 11.6. The number of hydrogen-bond acceptors (Lipinski definition) is 4. The van der Waals surface area contributed by atoms with Gasteiger partial charge in [-0.25, -0.2) is 9.59 Å². The molecule has 1 rings (SSSR count). The maximum absolute atomic E-state index is 11.4. The van der Waals surface area contributed by atoms with Gasteiger partial charge < -0.3 is 15.2 Å². The Morgan fingerprint density at radius 2 is 2.10 bits per heavy atom. The van der Waals surface area contributed by atoms with Gasteiger partial charge in [0.05, 0.1) is 0 Å². The molecule has 21 heavy (non-hydrogen) atoms. The number of hydrogen-bond donors (Lipinski definition) is 2. The van der Waals surface area contributed by atoms with E-state index in [0.29, 0.717) is 17.8 Å². The highest BCUT2D eigenvalue weighted by Gasteiger charge is 2.15. The number of amides is 1. The van der Waals surface area contributed by atoms with Gasteiger partial charge in [0.1, 0.15) is 10.5 Å². The molecule has 5 nitrogen and oxygen atoms in total. The Labute approximate surface area is 128 Å². The van der Waals surface area contributed by atoms with Crippen molar-refractivity contribution in [2.45, 2.75) is 39.7 Å². The molecule has 1 amide bonds. The zero-order valence-corrected chi connectivity index (χ0v) is 13.5. The molecule has 116 valence electrons. The van der Waals surface area contributed by atoms with Crippen molar-refractivity contribution in [1.82, 2.24) is 5.32 Å². The van der Waals surface area contributed by atoms with Crippen LogP contribution in [0.15, 0.2) is 12.1 Å². The minimum atomic E-state index is -0.908. The second kappa shape index (κ2) is 7.26. The van der Waals surface area contributed by atoms with Crippen LogP contribution in [0.2, 0.25) is 0 Å². The molecule has 0 aliphatic heterocycles. The number of aromatic carboxylic acids is 1. The van der Waals surface area contributed by atoms with Crippen LogP contribution in [0.4, 0.5) is 4.79 Å². The van der Waals surface area contributed by atoms with Crippen LogP contribution in [-0.2, 0) is 4.74 Å². The number of alkyl carbamates (subject to hydrolysis) is 1. The third-order valence-corrected chi connectivity index (χ3v) is 3.61. The number of carbonyl (C=O) groups is 2. The first kappa shape index (κ1) is 17.2. The summed E-state index contributed by atoms with van der Waals surface area (Å²) in [5.41, 5.74) is 0.440. The topological polar surface area (TPSA) is 75.6 Å². The van der Waals surface area contributed by atoms with Crippen LogP contribution in [0.25, 0.3) is 6.08 Å². The number of aryl methyl sites for hydroxylation is 1. The van der Waals surface area contributed by atoms with Gasteiger partial charge in [-0.15, -0.1) is 11.3 Å². The lowest BCUT2D eigenvalue weighted by Crippen LogP contribution is -2.32. The van der Waals surface area contributed by atoms with Gasteiger partial charge in [0.2, 0.25) is 0 Å². The van der Waals surface area contributed by atoms with E-state index in [-0.39, 0.29) is 0 Å². The molecule has 0 spiro atoms. The Kier molecular flexibility index (Phi) is 5.96. The molecule has 0 aliphatic carbocycles. The fourth-order valence-electron chi connectivity index (χ4n) is 1.53. The molecule has 0 saturated heterocycles. The zero-order valence-electron chi connectivity index (χ0n) is 12.7. The lowest BCUT2D eigenvalue weighted by molar-refractivity contribution is 0.0528. The Bertz CT molecular complexity index is 540. The Balaban J connectivity index is 2.39. The predicted octanol–water partition coefficient (Wildman–Crippen LogP) is 3.68. The molecule has 2 N–H and O–H groups in total. The molecular formula is C15H21NO4S. The summed E-state index contributed by atoms with van der Waals surface area (Å²) in [6, 6.07) is 1.66. The molecule has 0 unspecified atom stereocenters. The van der Waals surface area contributed by atoms with E-state index in [9.17, 15) is 9.59 Å². The summed E-state index contributed by atoms with van der Waals surface area (Å²) >= 11 is 1.24. The first-order chi connectivity index (χ1) is 9.69. The SMILES string of the molecule is Cc1cc(C(=O)O)sc1C=CCCNC(=O)OC(C)(C)C. The number of nitrogens with one attached hydrogen (secondary N) is 1. The van der Waals surface area contributed by atoms with E-state index in [1.54, 1.807) is 6.07 Å². The first-order valence-electron chi connectivity index (χ1n) is 6.66. The van der Waals surface area contributed by atoms with Crippen molar-refractivity contribution in [3.05, 3.63) is 27.5 Å². The lowest BCUT2D eigenvalue weighted by atomic mass is 10.2. The quantitative estimate of drug-likeness (QED) is 0.813. The summed E-state index contributed by atoms with van der Waals surface area (Å²) < 4.78 is 5.11. The van der Waals surface area contributed by atoms with Crippen LogP contribution >= 0.6 is 11.3 Å². The number of rotatable bonds is 5. The Morgan fingerprint density at radius 1 is 1.43 bits per heavy atom. The van der Waals surface area contributed by atoms with Gasteiger partial charge in [-0.05, 0) is 51.8 Å². The van der Waals surface area contributed by atoms with Crippen LogP contribution in [0.3, 0.4) is 0 Å². The summed E-state index contributed by atoms with van der Waals surface area (Å²) in [5, 5.41) is 11.6. The molecule has 0 radical (unpaired) electrons. The maximum atomic E-state index is 11.4. The van der Waals surface area contributed by atoms with Crippen LogP contribution in [0, 0.1) is 6.92 Å². The molecule has 6 heteroatoms. The third-order valence-electron chi connectivity index (χ3n) is 2.42. The molecular weight excluding hydrogens is 290 g/mol. The van der Waals surface area contributed by atoms with Crippen LogP contribution < -0.4 is 5.32 Å². The molecule has 1 heterocycles. The molecule has 0 fully saturated rings. The molecule has 0 atom stereocenters. The van der Waals surface area contributed by atoms with Crippen molar-refractivity contribution in [2.24, 2.45) is 0 Å². The van der Waals surface area contributed by atoms with E-state index in [0.717, 1.165) is 10.4 Å². The first-order valence-corrected chi connectivity index (χ1v) is 7.48. The van der Waals surface area contributed by atoms with Gasteiger partial charge in [0, 0.05) is 11.4 Å². The largest absolute Gasteiger partial charge is 0.477 e. The van der Waals surface area contributed by atoms with Gasteiger partial charge in [-0.1, -0.05) is 6.08 Å². The standard InChI is InChI=1S/C15H21NO4S/c1-10-9-12(13(17)18)21-11(10)7-5-6-8-16-14(19)20-15(2,3)4/h5,7,9H,6,8H2,1-4H3,(H,16,19)(H,17,18). The van der Waals surface area contributed by atoms with Crippen LogP contribution in [0.1, 0.15) is 47.3 Å². The van der Waals surface area contributed by atoms with E-state index in [2.05, 4.69) is 5.32 Å². The molecule has 1 aromatic heterocycles. The van der Waals surface area contributed by atoms with Gasteiger partial charge in [-0.3, -0.25) is 0 Å². The average Bonchev–Trinajstić information content (AvgIpc) is 2.68. The van der Waals surface area contributed by atoms with Crippen molar-refractivity contribution >= 4 is 29.5 Å². The molecule has 0 aliphatic rings. The monoisotopic (exact) mass is 311 g/mol. The van der Waals surface area contributed by atoms with Gasteiger partial charge in [0.25, 0.3) is 0 Å². The van der Waals surface area contributed by atoms with E-state index in [1.807, 2.05) is 39.8 Å². The second-order valence-electron chi connectivity index (χ2n) is 5.58. The molecule has 0 saturated carbocycles. The smallest absolute Gasteiger partial charge is 0.407 e. The Hall–Kier alpha value is -1.82. The van der Waals surface area contributed by atoms with E-state index in [4.69, 9.17) is 9.84 Å². The highest BCUT2D eigenvalue weighted by atomic mass is 32.1. The van der Waals surface area contributed by atoms with Crippen molar-refractivity contribution < 1.29 is 19.4 Å². The Morgan fingerprint density at radius 3 is 2.62 bits per heavy atom. The molecule has 1 aromatic rings. The van der Waals surface area contributed by atoms with Gasteiger partial charge >= 0.3 is 12.1 Å². The third kappa shape index (κ3) is 6.44. The predicted molar refractivity (Wildman–Crippen MR) is 83.9 cm³/mol. The van der Waals surface area contributed by atoms with Crippen LogP contribution in [0.5, 0.6) is 0 Å². The van der Waals surface area contributed by atoms with Gasteiger partial charge in [0.15, 0.2) is 0 Å². The second-order valence-corrected chi connectivity index (χ2v) is 6.67. The number of carboxylic acid groups (broad SMARTS) is 1. The van der Waals surface area contributed by atoms with Crippen LogP contribution in [-0.4, -0.2) is 29.3 Å². The summed E-state index contributed by atoms with van der Waals surface area (Å²) in [5.74, 6) is -0.908. The number of carboxylic acids is 1. The van der Waals surface area contributed by atoms with E-state index < -0.39 is 17.7 Å². The van der Waals surface area contributed by atoms with E-state index in [1.165, 1.54) is 11.3 Å². The summed E-state index contributed by atoms with van der Waals surface area (Å²) in [7, 11) is 0. The van der Waals surface area contributed by atoms with Crippen molar-refractivity contribution in [2.75, 3.05) is 6.54 Å². The van der Waals surface area contributed by atoms with Crippen molar-refractivity contribution in [1.29, 1.82) is 0 Å². The molecule has 0 bridgehead atoms. The highest BCUT2D eigenvalue weighted by Crippen LogP contribution is 2.23. The number of thiophene rings is 1. The van der Waals surface area contributed by atoms with E-state index >= 15 is 0 Å². The minimum Gasteiger partial charge on any atom is -0.477 e. The highest BCUT2D eigenvalue weighted by molar-refractivity contribution is 7.15. The van der Waals surface area contributed by atoms with Crippen molar-refractivity contribution in [3.8, 4) is 0 Å². The zero-order chi connectivity index (χ0) is 16.0. The lowest BCUT2D eigenvalue weighted by Gasteiger charge is -2.19.